The van der Waals surface area contributed by atoms with E-state index in [0.717, 1.165) is 48.8 Å². The predicted octanol–water partition coefficient (Wildman–Crippen LogP) is 6.63. The van der Waals surface area contributed by atoms with Crippen molar-refractivity contribution < 1.29 is 0 Å². The molecule has 0 atom stereocenters. The molecule has 0 aliphatic carbocycles. The highest BCUT2D eigenvalue weighted by atomic mass is 35.5. The van der Waals surface area contributed by atoms with Gasteiger partial charge in [-0.25, -0.2) is 9.97 Å². The molecule has 0 bridgehead atoms. The summed E-state index contributed by atoms with van der Waals surface area (Å²) in [6.45, 7) is 9.05. The summed E-state index contributed by atoms with van der Waals surface area (Å²) >= 11 is 12.2. The van der Waals surface area contributed by atoms with Crippen LogP contribution in [0.15, 0.2) is 89.9 Å². The molecule has 1 fully saturated rings. The zero-order valence-electron chi connectivity index (χ0n) is 23.5. The molecule has 7 nitrogen and oxygen atoms in total. The Morgan fingerprint density at radius 1 is 0.805 bits per heavy atom. The van der Waals surface area contributed by atoms with Crippen LogP contribution in [-0.2, 0) is 0 Å². The molecule has 41 heavy (non-hydrogen) atoms. The Labute approximate surface area is 252 Å². The first kappa shape index (κ1) is 28.7. The number of guanidine groups is 1. The van der Waals surface area contributed by atoms with Crippen molar-refractivity contribution in [2.45, 2.75) is 26.8 Å². The lowest BCUT2D eigenvalue weighted by molar-refractivity contribution is 0.150. The van der Waals surface area contributed by atoms with Crippen LogP contribution in [0, 0.1) is 20.8 Å². The predicted molar refractivity (Wildman–Crippen MR) is 173 cm³/mol. The lowest BCUT2D eigenvalue weighted by atomic mass is 9.96. The van der Waals surface area contributed by atoms with Crippen LogP contribution in [0.2, 0.25) is 5.02 Å². The number of piperazine rings is 1. The van der Waals surface area contributed by atoms with Crippen molar-refractivity contribution in [1.82, 2.24) is 19.8 Å². The maximum absolute atomic E-state index is 6.51. The van der Waals surface area contributed by atoms with Gasteiger partial charge in [0.05, 0.1) is 16.8 Å². The van der Waals surface area contributed by atoms with Crippen molar-refractivity contribution in [1.29, 1.82) is 0 Å². The molecule has 0 radical (unpaired) electrons. The fourth-order valence-electron chi connectivity index (χ4n) is 5.12. The lowest BCUT2D eigenvalue weighted by Gasteiger charge is -2.40. The second-order valence-electron chi connectivity index (χ2n) is 10.1. The summed E-state index contributed by atoms with van der Waals surface area (Å²) in [6.07, 6.45) is 0. The van der Waals surface area contributed by atoms with E-state index in [4.69, 9.17) is 28.8 Å². The summed E-state index contributed by atoms with van der Waals surface area (Å²) in [4.78, 5) is 18.7. The number of aromatic nitrogens is 2. The van der Waals surface area contributed by atoms with Gasteiger partial charge in [0.15, 0.2) is 0 Å². The van der Waals surface area contributed by atoms with Gasteiger partial charge in [-0.15, -0.1) is 0 Å². The molecule has 1 aliphatic heterocycles. The van der Waals surface area contributed by atoms with E-state index in [1.165, 1.54) is 11.1 Å². The van der Waals surface area contributed by atoms with Gasteiger partial charge in [-0.05, 0) is 61.8 Å². The number of hydrogen-bond donors (Lipinski definition) is 2. The number of benzene rings is 3. The molecule has 5 rings (SSSR count). The number of anilines is 2. The van der Waals surface area contributed by atoms with Gasteiger partial charge in [-0.2, -0.15) is 4.99 Å². The number of nitrogens with one attached hydrogen (secondary N) is 2. The van der Waals surface area contributed by atoms with Crippen LogP contribution < -0.4 is 10.6 Å². The van der Waals surface area contributed by atoms with Crippen molar-refractivity contribution in [3.63, 3.8) is 0 Å². The summed E-state index contributed by atoms with van der Waals surface area (Å²) in [7, 11) is 0. The first-order chi connectivity index (χ1) is 19.9. The molecule has 1 saturated heterocycles. The Hall–Kier alpha value is -3.85. The third-order valence-electron chi connectivity index (χ3n) is 7.06. The van der Waals surface area contributed by atoms with Gasteiger partial charge in [0.25, 0.3) is 0 Å². The zero-order chi connectivity index (χ0) is 28.8. The summed E-state index contributed by atoms with van der Waals surface area (Å²) < 4.78 is 0. The molecule has 2 N–H and O–H groups in total. The smallest absolute Gasteiger partial charge is 0.229 e. The third-order valence-corrected chi connectivity index (χ3v) is 7.75. The minimum Gasteiger partial charge on any atom is -0.340 e. The van der Waals surface area contributed by atoms with E-state index in [1.807, 2.05) is 45.0 Å². The highest BCUT2D eigenvalue weighted by molar-refractivity contribution is 7.80. The molecule has 0 spiro atoms. The highest BCUT2D eigenvalue weighted by Crippen LogP contribution is 2.30. The van der Waals surface area contributed by atoms with Gasteiger partial charge < -0.3 is 10.2 Å². The van der Waals surface area contributed by atoms with Crippen LogP contribution >= 0.6 is 23.8 Å². The molecule has 2 heterocycles. The first-order valence-corrected chi connectivity index (χ1v) is 14.5. The van der Waals surface area contributed by atoms with E-state index in [2.05, 4.69) is 91.1 Å². The molecule has 1 aliphatic rings. The summed E-state index contributed by atoms with van der Waals surface area (Å²) in [6, 6.07) is 29.3. The Bertz CT molecular complexity index is 1460. The molecule has 1 aromatic heterocycles. The fourth-order valence-corrected chi connectivity index (χ4v) is 5.49. The Morgan fingerprint density at radius 2 is 1.39 bits per heavy atom. The average molecular weight is 584 g/mol. The number of hydrogen-bond acceptors (Lipinski definition) is 4. The van der Waals surface area contributed by atoms with Gasteiger partial charge in [-0.1, -0.05) is 84.4 Å². The summed E-state index contributed by atoms with van der Waals surface area (Å²) in [5, 5.41) is 7.48. The van der Waals surface area contributed by atoms with Crippen LogP contribution in [0.4, 0.5) is 11.6 Å². The largest absolute Gasteiger partial charge is 0.340 e. The highest BCUT2D eigenvalue weighted by Gasteiger charge is 2.28. The molecule has 0 saturated carbocycles. The molecule has 3 aromatic carbocycles. The van der Waals surface area contributed by atoms with Crippen LogP contribution in [0.3, 0.4) is 0 Å². The minimum absolute atomic E-state index is 0.168. The topological polar surface area (TPSA) is 68.7 Å². The standard InChI is InChI=1S/C32H34ClN7S/c1-22-11-10-16-27(28(22)33)36-32(41)38-31(37-30-34-23(2)21-24(3)35-30)40-19-17-39(18-20-40)29(25-12-6-4-7-13-25)26-14-8-5-9-15-26/h4-16,21,29H,17-20H2,1-3H3,(H2,34,35,36,37,38,41). The van der Waals surface area contributed by atoms with Crippen LogP contribution in [0.25, 0.3) is 0 Å². The molecular weight excluding hydrogens is 550 g/mol. The van der Waals surface area contributed by atoms with Crippen LogP contribution in [0.5, 0.6) is 0 Å². The Morgan fingerprint density at radius 3 is 1.98 bits per heavy atom. The molecule has 0 unspecified atom stereocenters. The van der Waals surface area contributed by atoms with E-state index >= 15 is 0 Å². The van der Waals surface area contributed by atoms with Crippen LogP contribution in [-0.4, -0.2) is 57.0 Å². The second-order valence-corrected chi connectivity index (χ2v) is 10.9. The molecule has 9 heteroatoms. The number of halogens is 1. The van der Waals surface area contributed by atoms with Gasteiger partial charge in [-0.3, -0.25) is 10.2 Å². The van der Waals surface area contributed by atoms with E-state index in [-0.39, 0.29) is 6.04 Å². The number of aryl methyl sites for hydroxylation is 3. The molecular formula is C32H34ClN7S. The second kappa shape index (κ2) is 13.2. The zero-order valence-corrected chi connectivity index (χ0v) is 25.1. The van der Waals surface area contributed by atoms with E-state index < -0.39 is 0 Å². The number of nitrogens with zero attached hydrogens (tertiary/aromatic N) is 5. The van der Waals surface area contributed by atoms with Gasteiger partial charge in [0.2, 0.25) is 17.0 Å². The van der Waals surface area contributed by atoms with Crippen molar-refractivity contribution >= 4 is 46.5 Å². The van der Waals surface area contributed by atoms with Gasteiger partial charge >= 0.3 is 0 Å². The Kier molecular flexibility index (Phi) is 9.24. The molecule has 0 amide bonds. The fraction of sp³-hybridized carbons (Fsp3) is 0.250. The lowest BCUT2D eigenvalue weighted by Crippen LogP contribution is -2.52. The Balaban J connectivity index is 1.39. The molecule has 4 aromatic rings. The van der Waals surface area contributed by atoms with Crippen molar-refractivity contribution in [2.24, 2.45) is 4.99 Å². The SMILES string of the molecule is Cc1cc(C)nc(N/C(=N/C(=S)Nc2cccc(C)c2Cl)N2CCN(C(c3ccccc3)c3ccccc3)CC2)n1. The monoisotopic (exact) mass is 583 g/mol. The maximum atomic E-state index is 6.51. The van der Waals surface area contributed by atoms with Gasteiger partial charge in [0.1, 0.15) is 0 Å². The average Bonchev–Trinajstić information content (AvgIpc) is 2.96. The number of rotatable bonds is 5. The normalized spacial score (nSPS) is 14.3. The summed E-state index contributed by atoms with van der Waals surface area (Å²) in [5.41, 5.74) is 6.01. The first-order valence-electron chi connectivity index (χ1n) is 13.7. The third kappa shape index (κ3) is 7.27. The van der Waals surface area contributed by atoms with E-state index in [0.29, 0.717) is 22.0 Å². The van der Waals surface area contributed by atoms with Crippen molar-refractivity contribution in [3.8, 4) is 0 Å². The number of thiocarbonyl (C=S) groups is 1. The summed E-state index contributed by atoms with van der Waals surface area (Å²) in [5.74, 6) is 1.10. The van der Waals surface area contributed by atoms with Crippen LogP contribution in [0.1, 0.15) is 34.1 Å². The molecule has 210 valence electrons. The van der Waals surface area contributed by atoms with Gasteiger partial charge in [0, 0.05) is 37.6 Å². The number of aliphatic imine (C=N–C) groups is 1. The quantitative estimate of drug-likeness (QED) is 0.155. The maximum Gasteiger partial charge on any atom is 0.229 e. The van der Waals surface area contributed by atoms with E-state index in [9.17, 15) is 0 Å². The van der Waals surface area contributed by atoms with Crippen molar-refractivity contribution in [2.75, 3.05) is 36.8 Å². The van der Waals surface area contributed by atoms with E-state index in [1.54, 1.807) is 0 Å². The minimum atomic E-state index is 0.168. The van der Waals surface area contributed by atoms with Crippen molar-refractivity contribution in [3.05, 3.63) is 118 Å².